The minimum Gasteiger partial charge on any atom is -0.366 e. The first-order chi connectivity index (χ1) is 9.28. The second-order valence-corrected chi connectivity index (χ2v) is 6.52. The molecule has 0 atom stereocenters. The van der Waals surface area contributed by atoms with E-state index in [1.807, 2.05) is 13.8 Å². The minimum absolute atomic E-state index is 0.0401. The average molecular weight is 292 g/mol. The molecular weight excluding hydrogens is 258 g/mol. The third kappa shape index (κ3) is 11.6. The van der Waals surface area contributed by atoms with Crippen LogP contribution in [0.2, 0.25) is 12.1 Å². The fraction of sp³-hybridized carbons (Fsp3) is 1.00. The zero-order chi connectivity index (χ0) is 14.3. The van der Waals surface area contributed by atoms with Crippen LogP contribution in [0.1, 0.15) is 34.1 Å². The molecule has 4 nitrogen and oxygen atoms in total. The van der Waals surface area contributed by atoms with Crippen molar-refractivity contribution in [3.63, 3.8) is 0 Å². The van der Waals surface area contributed by atoms with Gasteiger partial charge in [0.2, 0.25) is 0 Å². The van der Waals surface area contributed by atoms with E-state index in [4.69, 9.17) is 14.2 Å². The molecule has 0 unspecified atom stereocenters. The highest BCUT2D eigenvalue weighted by Crippen LogP contribution is 2.04. The summed E-state index contributed by atoms with van der Waals surface area (Å²) in [7, 11) is -0.0781. The first-order valence-corrected chi connectivity index (χ1v) is 9.81. The summed E-state index contributed by atoms with van der Waals surface area (Å²) in [4.78, 5) is 2.29. The van der Waals surface area contributed by atoms with E-state index >= 15 is 0 Å². The van der Waals surface area contributed by atoms with E-state index < -0.39 is 0 Å². The van der Waals surface area contributed by atoms with Crippen LogP contribution >= 0.6 is 0 Å². The van der Waals surface area contributed by atoms with Crippen molar-refractivity contribution in [1.82, 2.24) is 4.90 Å². The molecule has 0 aliphatic carbocycles. The molecule has 116 valence electrons. The summed E-state index contributed by atoms with van der Waals surface area (Å²) in [5.74, 6) is 0. The quantitative estimate of drug-likeness (QED) is 0.279. The van der Waals surface area contributed by atoms with E-state index in [1.54, 1.807) is 0 Å². The minimum atomic E-state index is -0.0781. The van der Waals surface area contributed by atoms with E-state index in [2.05, 4.69) is 18.7 Å². The van der Waals surface area contributed by atoms with Crippen LogP contribution in [0.5, 0.6) is 0 Å². The summed E-state index contributed by atoms with van der Waals surface area (Å²) in [6.07, 6.45) is 1.22. The molecule has 0 rings (SSSR count). The first-order valence-electron chi connectivity index (χ1n) is 7.81. The van der Waals surface area contributed by atoms with Crippen LogP contribution in [0, 0.1) is 0 Å². The molecule has 5 heteroatoms. The number of nitrogens with zero attached hydrogens (tertiary/aromatic N) is 1. The molecule has 0 saturated heterocycles. The predicted molar refractivity (Wildman–Crippen MR) is 83.6 cm³/mol. The van der Waals surface area contributed by atoms with Crippen molar-refractivity contribution in [1.29, 1.82) is 0 Å². The number of rotatable bonds is 14. The molecule has 0 heterocycles. The lowest BCUT2D eigenvalue weighted by Crippen LogP contribution is -2.26. The molecule has 19 heavy (non-hydrogen) atoms. The van der Waals surface area contributed by atoms with Crippen LogP contribution in [0.4, 0.5) is 0 Å². The normalized spacial score (nSPS) is 12.3. The van der Waals surface area contributed by atoms with Crippen LogP contribution in [0.15, 0.2) is 0 Å². The summed E-state index contributed by atoms with van der Waals surface area (Å²) in [6, 6.07) is 2.44. The van der Waals surface area contributed by atoms with Gasteiger partial charge in [0.1, 0.15) is 0 Å². The molecule has 0 aromatic rings. The maximum Gasteiger partial charge on any atom is 0.154 e. The van der Waals surface area contributed by atoms with Crippen molar-refractivity contribution in [2.75, 3.05) is 39.6 Å². The van der Waals surface area contributed by atoms with Gasteiger partial charge in [-0.2, -0.15) is 0 Å². The molecule has 0 spiro atoms. The Kier molecular flexibility index (Phi) is 14.5. The molecule has 0 aromatic heterocycles. The van der Waals surface area contributed by atoms with E-state index in [9.17, 15) is 0 Å². The summed E-state index contributed by atoms with van der Waals surface area (Å²) < 4.78 is 16.8. The molecule has 0 bridgehead atoms. The summed E-state index contributed by atoms with van der Waals surface area (Å²) >= 11 is 0. The molecule has 0 aromatic carbocycles. The lowest BCUT2D eigenvalue weighted by atomic mass is 10.5. The van der Waals surface area contributed by atoms with Crippen LogP contribution in [0.25, 0.3) is 0 Å². The van der Waals surface area contributed by atoms with Crippen LogP contribution in [-0.4, -0.2) is 60.4 Å². The molecular formula is C14H33NO3Si. The Hall–Kier alpha value is 0.0569. The van der Waals surface area contributed by atoms with Crippen molar-refractivity contribution in [3.8, 4) is 0 Å². The Labute approximate surface area is 121 Å². The van der Waals surface area contributed by atoms with Gasteiger partial charge in [-0.05, 0) is 39.4 Å². The van der Waals surface area contributed by atoms with Crippen molar-refractivity contribution in [3.05, 3.63) is 0 Å². The zero-order valence-corrected chi connectivity index (χ0v) is 14.7. The predicted octanol–water partition coefficient (Wildman–Crippen LogP) is 2.10. The standard InChI is InChI=1S/C14H33NO3Si/c1-5-15(6-2)13-16-10-9-11-19-12-14(17-7-3)18-8-4/h14H,5-13,19H2,1-4H3. The topological polar surface area (TPSA) is 30.9 Å². The molecule has 0 aliphatic rings. The van der Waals surface area contributed by atoms with E-state index in [-0.39, 0.29) is 15.8 Å². The Morgan fingerprint density at radius 1 is 1.00 bits per heavy atom. The maximum absolute atomic E-state index is 5.67. The second-order valence-electron chi connectivity index (χ2n) is 4.53. The largest absolute Gasteiger partial charge is 0.366 e. The monoisotopic (exact) mass is 291 g/mol. The van der Waals surface area contributed by atoms with Crippen LogP contribution in [0.3, 0.4) is 0 Å². The highest BCUT2D eigenvalue weighted by molar-refractivity contribution is 6.35. The molecule has 0 fully saturated rings. The van der Waals surface area contributed by atoms with Crippen molar-refractivity contribution < 1.29 is 14.2 Å². The van der Waals surface area contributed by atoms with Crippen LogP contribution < -0.4 is 0 Å². The van der Waals surface area contributed by atoms with Crippen molar-refractivity contribution in [2.45, 2.75) is 52.5 Å². The third-order valence-electron chi connectivity index (χ3n) is 3.10. The Balaban J connectivity index is 3.38. The van der Waals surface area contributed by atoms with E-state index in [0.29, 0.717) is 0 Å². The van der Waals surface area contributed by atoms with Gasteiger partial charge in [0.15, 0.2) is 6.29 Å². The van der Waals surface area contributed by atoms with Crippen molar-refractivity contribution in [2.24, 2.45) is 0 Å². The highest BCUT2D eigenvalue weighted by atomic mass is 28.2. The summed E-state index contributed by atoms with van der Waals surface area (Å²) in [5, 5.41) is 0. The Bertz CT molecular complexity index is 174. The van der Waals surface area contributed by atoms with Gasteiger partial charge in [0.25, 0.3) is 0 Å². The summed E-state index contributed by atoms with van der Waals surface area (Å²) in [5.41, 5.74) is 0. The van der Waals surface area contributed by atoms with Gasteiger partial charge in [-0.15, -0.1) is 0 Å². The van der Waals surface area contributed by atoms with Gasteiger partial charge < -0.3 is 14.2 Å². The lowest BCUT2D eigenvalue weighted by Gasteiger charge is -2.18. The van der Waals surface area contributed by atoms with E-state index in [1.165, 1.54) is 12.5 Å². The Morgan fingerprint density at radius 2 is 1.63 bits per heavy atom. The second kappa shape index (κ2) is 14.5. The summed E-state index contributed by atoms with van der Waals surface area (Å²) in [6.45, 7) is 13.7. The number of hydrogen-bond donors (Lipinski definition) is 0. The van der Waals surface area contributed by atoms with Gasteiger partial charge in [0.05, 0.1) is 6.73 Å². The average Bonchev–Trinajstić information content (AvgIpc) is 2.42. The van der Waals surface area contributed by atoms with Gasteiger partial charge in [-0.3, -0.25) is 4.90 Å². The van der Waals surface area contributed by atoms with Gasteiger partial charge >= 0.3 is 0 Å². The SMILES string of the molecule is CCOC(C[SiH2]CCCOCN(CC)CC)OCC. The smallest absolute Gasteiger partial charge is 0.154 e. The molecule has 0 N–H and O–H groups in total. The fourth-order valence-electron chi connectivity index (χ4n) is 1.88. The van der Waals surface area contributed by atoms with Crippen LogP contribution in [-0.2, 0) is 14.2 Å². The maximum atomic E-state index is 5.67. The Morgan fingerprint density at radius 3 is 2.16 bits per heavy atom. The molecule has 0 amide bonds. The molecule has 0 saturated carbocycles. The van der Waals surface area contributed by atoms with E-state index in [0.717, 1.165) is 45.7 Å². The first kappa shape index (κ1) is 19.1. The molecule has 0 radical (unpaired) electrons. The fourth-order valence-corrected chi connectivity index (χ4v) is 3.39. The van der Waals surface area contributed by atoms with Gasteiger partial charge in [-0.1, -0.05) is 19.9 Å². The van der Waals surface area contributed by atoms with Crippen molar-refractivity contribution >= 4 is 9.52 Å². The molecule has 0 aliphatic heterocycles. The van der Waals surface area contributed by atoms with Gasteiger partial charge in [0, 0.05) is 29.3 Å². The third-order valence-corrected chi connectivity index (χ3v) is 4.98. The number of hydrogen-bond acceptors (Lipinski definition) is 4. The van der Waals surface area contributed by atoms with Gasteiger partial charge in [-0.25, -0.2) is 0 Å². The number of ether oxygens (including phenoxy) is 3. The highest BCUT2D eigenvalue weighted by Gasteiger charge is 2.07. The lowest BCUT2D eigenvalue weighted by molar-refractivity contribution is -0.123. The zero-order valence-electron chi connectivity index (χ0n) is 13.3.